The van der Waals surface area contributed by atoms with E-state index in [1.807, 2.05) is 6.26 Å². The van der Waals surface area contributed by atoms with Crippen LogP contribution in [0.2, 0.25) is 0 Å². The molecular weight excluding hydrogens is 360 g/mol. The molecule has 0 amide bonds. The van der Waals surface area contributed by atoms with Crippen molar-refractivity contribution >= 4 is 34.0 Å². The summed E-state index contributed by atoms with van der Waals surface area (Å²) in [4.78, 5) is 0. The average molecular weight is 393 g/mol. The Morgan fingerprint density at radius 1 is 1.23 bits per heavy atom. The first-order valence-electron chi connectivity index (χ1n) is 10.2. The number of hydrazone groups is 1. The topological polar surface area (TPSA) is 44.6 Å². The normalized spacial score (nSPS) is 48.6. The Morgan fingerprint density at radius 2 is 2.04 bits per heavy atom. The first-order valence-corrected chi connectivity index (χ1v) is 11.8. The summed E-state index contributed by atoms with van der Waals surface area (Å²) < 4.78 is 0.731. The predicted octanol–water partition coefficient (Wildman–Crippen LogP) is 4.76. The molecule has 4 rings (SSSR count). The van der Waals surface area contributed by atoms with E-state index in [1.54, 1.807) is 0 Å². The van der Waals surface area contributed by atoms with E-state index in [1.165, 1.54) is 43.9 Å². The van der Waals surface area contributed by atoms with E-state index >= 15 is 0 Å². The minimum Gasteiger partial charge on any atom is -0.393 e. The maximum atomic E-state index is 10.6. The van der Waals surface area contributed by atoms with Crippen molar-refractivity contribution in [2.75, 3.05) is 6.26 Å². The van der Waals surface area contributed by atoms with Crippen molar-refractivity contribution in [2.45, 2.75) is 64.9 Å². The SMILES string of the molecule is CSC(=S)N/N=C1/C=C[C@@]2(C)[C@@H](CC[C@@H]3[C@@H]2CC[C@]2(C)[C@@H](O)CC[C@@H]32)C1. The lowest BCUT2D eigenvalue weighted by Crippen LogP contribution is -2.53. The molecule has 26 heavy (non-hydrogen) atoms. The fraction of sp³-hybridized carbons (Fsp3) is 0.810. The standard InChI is InChI=1S/C21H32N2OS2/c1-20-10-8-14(22-23-19(25)26-3)12-13(20)4-5-15-16-6-7-18(24)21(16,2)11-9-17(15)20/h8,10,13,15-18,24H,4-7,9,11-12H2,1-3H3,(H,23,25)/b22-14-/t13-,15-,16-,17-,18-,20-,21-/m0/s1. The van der Waals surface area contributed by atoms with Gasteiger partial charge in [-0.05, 0) is 91.8 Å². The average Bonchev–Trinajstić information content (AvgIpc) is 2.94. The van der Waals surface area contributed by atoms with Crippen LogP contribution in [0.25, 0.3) is 0 Å². The molecule has 0 aliphatic heterocycles. The van der Waals surface area contributed by atoms with Crippen LogP contribution < -0.4 is 5.43 Å². The second kappa shape index (κ2) is 6.89. The summed E-state index contributed by atoms with van der Waals surface area (Å²) in [6.07, 6.45) is 15.0. The number of nitrogens with zero attached hydrogens (tertiary/aromatic N) is 1. The molecule has 0 aromatic heterocycles. The zero-order valence-corrected chi connectivity index (χ0v) is 17.8. The summed E-state index contributed by atoms with van der Waals surface area (Å²) in [5.41, 5.74) is 4.61. The lowest BCUT2D eigenvalue weighted by molar-refractivity contribution is -0.0913. The molecule has 2 N–H and O–H groups in total. The smallest absolute Gasteiger partial charge is 0.153 e. The Hall–Kier alpha value is -0.390. The molecule has 0 spiro atoms. The molecule has 0 saturated heterocycles. The van der Waals surface area contributed by atoms with Crippen molar-refractivity contribution in [1.29, 1.82) is 0 Å². The van der Waals surface area contributed by atoms with Gasteiger partial charge in [0.15, 0.2) is 4.32 Å². The molecule has 3 nitrogen and oxygen atoms in total. The third-order valence-corrected chi connectivity index (χ3v) is 9.53. The van der Waals surface area contributed by atoms with Crippen LogP contribution in [-0.2, 0) is 0 Å². The molecule has 144 valence electrons. The second-order valence-electron chi connectivity index (χ2n) is 9.40. The van der Waals surface area contributed by atoms with E-state index in [0.29, 0.717) is 5.92 Å². The lowest BCUT2D eigenvalue weighted by Gasteiger charge is -2.58. The van der Waals surface area contributed by atoms with Gasteiger partial charge in [0.1, 0.15) is 0 Å². The van der Waals surface area contributed by atoms with Gasteiger partial charge in [-0.15, -0.1) is 0 Å². The van der Waals surface area contributed by atoms with Crippen molar-refractivity contribution in [3.8, 4) is 0 Å². The van der Waals surface area contributed by atoms with E-state index in [-0.39, 0.29) is 16.9 Å². The number of aliphatic hydroxyl groups is 1. The van der Waals surface area contributed by atoms with E-state index < -0.39 is 0 Å². The number of hydrogen-bond donors (Lipinski definition) is 2. The van der Waals surface area contributed by atoms with Crippen LogP contribution in [0.15, 0.2) is 17.3 Å². The van der Waals surface area contributed by atoms with E-state index in [4.69, 9.17) is 12.2 Å². The van der Waals surface area contributed by atoms with Crippen LogP contribution in [0.1, 0.15) is 58.8 Å². The highest BCUT2D eigenvalue weighted by atomic mass is 32.2. The number of thiocarbonyl (C=S) groups is 1. The van der Waals surface area contributed by atoms with Crippen molar-refractivity contribution in [2.24, 2.45) is 39.6 Å². The number of aliphatic hydroxyl groups excluding tert-OH is 1. The summed E-state index contributed by atoms with van der Waals surface area (Å²) in [5.74, 6) is 2.96. The van der Waals surface area contributed by atoms with E-state index in [9.17, 15) is 5.11 Å². The fourth-order valence-electron chi connectivity index (χ4n) is 6.87. The third-order valence-electron chi connectivity index (χ3n) is 8.48. The Labute approximate surface area is 167 Å². The molecule has 0 heterocycles. The Bertz CT molecular complexity index is 648. The molecule has 0 radical (unpaired) electrons. The van der Waals surface area contributed by atoms with Gasteiger partial charge in [0.2, 0.25) is 0 Å². The Morgan fingerprint density at radius 3 is 2.81 bits per heavy atom. The summed E-state index contributed by atoms with van der Waals surface area (Å²) in [5, 5.41) is 15.1. The zero-order valence-electron chi connectivity index (χ0n) is 16.2. The number of thioether (sulfide) groups is 1. The van der Waals surface area contributed by atoms with Crippen LogP contribution in [0.4, 0.5) is 0 Å². The Balaban J connectivity index is 1.56. The van der Waals surface area contributed by atoms with Gasteiger partial charge >= 0.3 is 0 Å². The van der Waals surface area contributed by atoms with Gasteiger partial charge in [-0.3, -0.25) is 5.43 Å². The predicted molar refractivity (Wildman–Crippen MR) is 114 cm³/mol. The van der Waals surface area contributed by atoms with Crippen LogP contribution in [0.3, 0.4) is 0 Å². The molecule has 4 aliphatic rings. The van der Waals surface area contributed by atoms with Gasteiger partial charge < -0.3 is 5.11 Å². The lowest BCUT2D eigenvalue weighted by atomic mass is 9.46. The van der Waals surface area contributed by atoms with Crippen LogP contribution in [-0.4, -0.2) is 27.5 Å². The Kier molecular flexibility index (Phi) is 5.02. The minimum atomic E-state index is -0.0778. The van der Waals surface area contributed by atoms with Gasteiger partial charge in [0.25, 0.3) is 0 Å². The molecular formula is C21H32N2OS2. The highest BCUT2D eigenvalue weighted by Gasteiger charge is 2.59. The van der Waals surface area contributed by atoms with E-state index in [0.717, 1.165) is 40.6 Å². The van der Waals surface area contributed by atoms with Gasteiger partial charge in [-0.2, -0.15) is 5.10 Å². The zero-order chi connectivity index (χ0) is 18.5. The quantitative estimate of drug-likeness (QED) is 0.499. The third kappa shape index (κ3) is 2.89. The van der Waals surface area contributed by atoms with Crippen molar-refractivity contribution in [3.63, 3.8) is 0 Å². The molecule has 0 unspecified atom stereocenters. The molecule has 0 bridgehead atoms. The number of nitrogens with one attached hydrogen (secondary N) is 1. The number of allylic oxidation sites excluding steroid dienone is 2. The highest BCUT2D eigenvalue weighted by Crippen LogP contribution is 2.65. The maximum absolute atomic E-state index is 10.6. The van der Waals surface area contributed by atoms with E-state index in [2.05, 4.69) is 36.5 Å². The monoisotopic (exact) mass is 392 g/mol. The van der Waals surface area contributed by atoms with Gasteiger partial charge in [0, 0.05) is 0 Å². The number of rotatable bonds is 1. The van der Waals surface area contributed by atoms with Crippen molar-refractivity contribution < 1.29 is 5.11 Å². The molecule has 3 saturated carbocycles. The maximum Gasteiger partial charge on any atom is 0.153 e. The molecule has 7 atom stereocenters. The van der Waals surface area contributed by atoms with Gasteiger partial charge in [-0.25, -0.2) is 0 Å². The highest BCUT2D eigenvalue weighted by molar-refractivity contribution is 8.22. The summed E-state index contributed by atoms with van der Waals surface area (Å²) in [7, 11) is 0. The molecule has 0 aromatic rings. The fourth-order valence-corrected chi connectivity index (χ4v) is 7.05. The van der Waals surface area contributed by atoms with Gasteiger partial charge in [0.05, 0.1) is 11.8 Å². The second-order valence-corrected chi connectivity index (χ2v) is 10.9. The van der Waals surface area contributed by atoms with Crippen LogP contribution >= 0.6 is 24.0 Å². The van der Waals surface area contributed by atoms with Crippen LogP contribution in [0.5, 0.6) is 0 Å². The molecule has 0 aromatic carbocycles. The van der Waals surface area contributed by atoms with Crippen molar-refractivity contribution in [3.05, 3.63) is 12.2 Å². The molecule has 4 aliphatic carbocycles. The largest absolute Gasteiger partial charge is 0.393 e. The number of hydrogen-bond acceptors (Lipinski definition) is 4. The van der Waals surface area contributed by atoms with Crippen LogP contribution in [0, 0.1) is 34.5 Å². The molecule has 3 fully saturated rings. The number of fused-ring (bicyclic) bond motifs is 5. The summed E-state index contributed by atoms with van der Waals surface area (Å²) >= 11 is 6.73. The van der Waals surface area contributed by atoms with Gasteiger partial charge in [-0.1, -0.05) is 43.9 Å². The first-order chi connectivity index (χ1) is 12.4. The first kappa shape index (κ1) is 18.9. The summed E-state index contributed by atoms with van der Waals surface area (Å²) in [6.45, 7) is 4.86. The van der Waals surface area contributed by atoms with Crippen molar-refractivity contribution in [1.82, 2.24) is 5.43 Å². The summed E-state index contributed by atoms with van der Waals surface area (Å²) in [6, 6.07) is 0. The molecule has 5 heteroatoms. The minimum absolute atomic E-state index is 0.0778.